The Bertz CT molecular complexity index is 514. The number of rotatable bonds is 1. The molecule has 1 aromatic rings. The van der Waals surface area contributed by atoms with Gasteiger partial charge in [0.2, 0.25) is 0 Å². The predicted octanol–water partition coefficient (Wildman–Crippen LogP) is 2.63. The van der Waals surface area contributed by atoms with Crippen molar-refractivity contribution in [3.8, 4) is 5.75 Å². The zero-order valence-electron chi connectivity index (χ0n) is 11.0. The lowest BCUT2D eigenvalue weighted by Crippen LogP contribution is -2.34. The summed E-state index contributed by atoms with van der Waals surface area (Å²) in [6, 6.07) is 5.13. The molecule has 18 heavy (non-hydrogen) atoms. The zero-order valence-corrected chi connectivity index (χ0v) is 11.0. The Hall–Kier alpha value is -1.84. The largest absolute Gasteiger partial charge is 0.479 e. The molecular weight excluding hydrogens is 230 g/mol. The van der Waals surface area contributed by atoms with E-state index in [1.54, 1.807) is 25.1 Å². The number of carbonyl (C=O) groups excluding carboxylic acids is 2. The van der Waals surface area contributed by atoms with E-state index in [0.29, 0.717) is 17.0 Å². The van der Waals surface area contributed by atoms with E-state index in [-0.39, 0.29) is 11.7 Å². The summed E-state index contributed by atoms with van der Waals surface area (Å²) in [4.78, 5) is 23.7. The number of hydrogen-bond acceptors (Lipinski definition) is 3. The lowest BCUT2D eigenvalue weighted by Gasteiger charge is -2.24. The molecule has 0 radical (unpaired) electrons. The van der Waals surface area contributed by atoms with Crippen LogP contribution in [0.3, 0.4) is 0 Å². The first kappa shape index (κ1) is 12.6. The van der Waals surface area contributed by atoms with Crippen LogP contribution in [0.1, 0.15) is 38.1 Å². The molecular formula is C14H17NO3. The molecule has 0 aliphatic carbocycles. The van der Waals surface area contributed by atoms with Gasteiger partial charge in [0.25, 0.3) is 5.91 Å². The molecule has 1 aliphatic rings. The van der Waals surface area contributed by atoms with E-state index in [9.17, 15) is 9.59 Å². The molecule has 4 heteroatoms. The molecule has 0 saturated carbocycles. The van der Waals surface area contributed by atoms with Gasteiger partial charge in [-0.2, -0.15) is 0 Å². The van der Waals surface area contributed by atoms with Gasteiger partial charge in [-0.3, -0.25) is 9.59 Å². The zero-order chi connectivity index (χ0) is 13.5. The monoisotopic (exact) mass is 247 g/mol. The molecule has 1 unspecified atom stereocenters. The Morgan fingerprint density at radius 3 is 2.61 bits per heavy atom. The molecule has 1 aromatic carbocycles. The van der Waals surface area contributed by atoms with E-state index in [1.165, 1.54) is 0 Å². The van der Waals surface area contributed by atoms with Crippen molar-refractivity contribution in [2.24, 2.45) is 5.41 Å². The Kier molecular flexibility index (Phi) is 2.89. The van der Waals surface area contributed by atoms with Gasteiger partial charge in [-0.15, -0.1) is 0 Å². The van der Waals surface area contributed by atoms with Crippen LogP contribution in [0, 0.1) is 5.41 Å². The van der Waals surface area contributed by atoms with Crippen molar-refractivity contribution in [2.45, 2.75) is 33.8 Å². The second kappa shape index (κ2) is 4.12. The SMILES string of the molecule is CC1Oc2ccc(C(=O)C(C)(C)C)cc2NC1=O. The average molecular weight is 247 g/mol. The van der Waals surface area contributed by atoms with E-state index >= 15 is 0 Å². The minimum atomic E-state index is -0.498. The van der Waals surface area contributed by atoms with E-state index in [1.807, 2.05) is 20.8 Å². The summed E-state index contributed by atoms with van der Waals surface area (Å²) >= 11 is 0. The molecule has 0 bridgehead atoms. The molecule has 0 saturated heterocycles. The quantitative estimate of drug-likeness (QED) is 0.776. The highest BCUT2D eigenvalue weighted by Crippen LogP contribution is 2.32. The molecule has 1 heterocycles. The first-order valence-electron chi connectivity index (χ1n) is 5.95. The number of amides is 1. The number of ketones is 1. The van der Waals surface area contributed by atoms with Gasteiger partial charge in [-0.25, -0.2) is 0 Å². The van der Waals surface area contributed by atoms with Gasteiger partial charge in [0.15, 0.2) is 11.9 Å². The van der Waals surface area contributed by atoms with Crippen molar-refractivity contribution in [3.63, 3.8) is 0 Å². The second-order valence-electron chi connectivity index (χ2n) is 5.54. The van der Waals surface area contributed by atoms with Crippen LogP contribution >= 0.6 is 0 Å². The predicted molar refractivity (Wildman–Crippen MR) is 68.9 cm³/mol. The standard InChI is InChI=1S/C14H17NO3/c1-8-13(17)15-10-7-9(5-6-11(10)18-8)12(16)14(2,3)4/h5-8H,1-4H3,(H,15,17). The maximum absolute atomic E-state index is 12.1. The van der Waals surface area contributed by atoms with Gasteiger partial charge in [0.1, 0.15) is 5.75 Å². The number of Topliss-reactive ketones (excluding diaryl/α,β-unsaturated/α-hetero) is 1. The second-order valence-corrected chi connectivity index (χ2v) is 5.54. The molecule has 1 amide bonds. The number of fused-ring (bicyclic) bond motifs is 1. The van der Waals surface area contributed by atoms with Crippen LogP contribution < -0.4 is 10.1 Å². The maximum atomic E-state index is 12.1. The Morgan fingerprint density at radius 1 is 1.33 bits per heavy atom. The summed E-state index contributed by atoms with van der Waals surface area (Å²) in [5.74, 6) is 0.452. The highest BCUT2D eigenvalue weighted by molar-refractivity contribution is 6.03. The summed E-state index contributed by atoms with van der Waals surface area (Å²) in [5.41, 5.74) is 0.703. The molecule has 1 N–H and O–H groups in total. The van der Waals surface area contributed by atoms with Crippen LogP contribution in [0.2, 0.25) is 0 Å². The summed E-state index contributed by atoms with van der Waals surface area (Å²) in [7, 11) is 0. The first-order valence-corrected chi connectivity index (χ1v) is 5.95. The van der Waals surface area contributed by atoms with Gasteiger partial charge < -0.3 is 10.1 Å². The summed E-state index contributed by atoms with van der Waals surface area (Å²) in [5, 5.41) is 2.74. The van der Waals surface area contributed by atoms with Gasteiger partial charge >= 0.3 is 0 Å². The smallest absolute Gasteiger partial charge is 0.265 e. The van der Waals surface area contributed by atoms with E-state index < -0.39 is 11.5 Å². The molecule has 96 valence electrons. The normalized spacial score (nSPS) is 18.7. The van der Waals surface area contributed by atoms with Crippen LogP contribution in [0.25, 0.3) is 0 Å². The average Bonchev–Trinajstić information content (AvgIpc) is 2.28. The number of nitrogens with one attached hydrogen (secondary N) is 1. The van der Waals surface area contributed by atoms with Crippen molar-refractivity contribution in [3.05, 3.63) is 23.8 Å². The fourth-order valence-electron chi connectivity index (χ4n) is 1.78. The minimum Gasteiger partial charge on any atom is -0.479 e. The number of ether oxygens (including phenoxy) is 1. The van der Waals surface area contributed by atoms with Crippen molar-refractivity contribution >= 4 is 17.4 Å². The fraction of sp³-hybridized carbons (Fsp3) is 0.429. The van der Waals surface area contributed by atoms with Gasteiger partial charge in [0.05, 0.1) is 5.69 Å². The van der Waals surface area contributed by atoms with Crippen LogP contribution in [0.5, 0.6) is 5.75 Å². The molecule has 0 aromatic heterocycles. The van der Waals surface area contributed by atoms with E-state index in [4.69, 9.17) is 4.74 Å². The third kappa shape index (κ3) is 2.23. The highest BCUT2D eigenvalue weighted by atomic mass is 16.5. The molecule has 1 aliphatic heterocycles. The lowest BCUT2D eigenvalue weighted by molar-refractivity contribution is -0.122. The number of hydrogen-bond donors (Lipinski definition) is 1. The molecule has 1 atom stereocenters. The number of carbonyl (C=O) groups is 2. The number of benzene rings is 1. The van der Waals surface area contributed by atoms with Crippen LogP contribution in [0.4, 0.5) is 5.69 Å². The van der Waals surface area contributed by atoms with E-state index in [0.717, 1.165) is 0 Å². The van der Waals surface area contributed by atoms with E-state index in [2.05, 4.69) is 5.32 Å². The van der Waals surface area contributed by atoms with Crippen LogP contribution in [-0.4, -0.2) is 17.8 Å². The molecule has 0 fully saturated rings. The topological polar surface area (TPSA) is 55.4 Å². The summed E-state index contributed by atoms with van der Waals surface area (Å²) in [6.45, 7) is 7.29. The maximum Gasteiger partial charge on any atom is 0.265 e. The number of anilines is 1. The van der Waals surface area contributed by atoms with Crippen molar-refractivity contribution < 1.29 is 14.3 Å². The van der Waals surface area contributed by atoms with Gasteiger partial charge in [-0.05, 0) is 25.1 Å². The lowest BCUT2D eigenvalue weighted by atomic mass is 9.86. The third-order valence-corrected chi connectivity index (χ3v) is 2.85. The fourth-order valence-corrected chi connectivity index (χ4v) is 1.78. The Morgan fingerprint density at radius 2 is 2.00 bits per heavy atom. The molecule has 2 rings (SSSR count). The Labute approximate surface area is 106 Å². The third-order valence-electron chi connectivity index (χ3n) is 2.85. The molecule has 4 nitrogen and oxygen atoms in total. The first-order chi connectivity index (χ1) is 8.29. The Balaban J connectivity index is 2.37. The van der Waals surface area contributed by atoms with Gasteiger partial charge in [-0.1, -0.05) is 20.8 Å². The van der Waals surface area contributed by atoms with Crippen LogP contribution in [0.15, 0.2) is 18.2 Å². The van der Waals surface area contributed by atoms with Crippen LogP contribution in [-0.2, 0) is 4.79 Å². The van der Waals surface area contributed by atoms with Crippen molar-refractivity contribution in [2.75, 3.05) is 5.32 Å². The highest BCUT2D eigenvalue weighted by Gasteiger charge is 2.27. The summed E-state index contributed by atoms with van der Waals surface area (Å²) in [6.07, 6.45) is -0.498. The van der Waals surface area contributed by atoms with Crippen molar-refractivity contribution in [1.29, 1.82) is 0 Å². The summed E-state index contributed by atoms with van der Waals surface area (Å²) < 4.78 is 5.44. The van der Waals surface area contributed by atoms with Crippen molar-refractivity contribution in [1.82, 2.24) is 0 Å². The minimum absolute atomic E-state index is 0.0400. The molecule has 0 spiro atoms. The van der Waals surface area contributed by atoms with Gasteiger partial charge in [0, 0.05) is 11.0 Å².